The van der Waals surface area contributed by atoms with Crippen LogP contribution in [0.1, 0.15) is 29.3 Å². The van der Waals surface area contributed by atoms with Gasteiger partial charge in [0.05, 0.1) is 36.7 Å². The Balaban J connectivity index is 1.57. The van der Waals surface area contributed by atoms with E-state index >= 15 is 0 Å². The van der Waals surface area contributed by atoms with Crippen molar-refractivity contribution in [2.75, 3.05) is 13.7 Å². The second-order valence-corrected chi connectivity index (χ2v) is 7.40. The number of carbonyl (C=O) groups is 1. The molecule has 0 aliphatic heterocycles. The minimum Gasteiger partial charge on any atom is -0.493 e. The van der Waals surface area contributed by atoms with Gasteiger partial charge in [0.25, 0.3) is 5.91 Å². The number of ether oxygens (including phenoxy) is 2. The molecule has 0 radical (unpaired) electrons. The lowest BCUT2D eigenvalue weighted by atomic mass is 10.0. The Morgan fingerprint density at radius 2 is 1.79 bits per heavy atom. The van der Waals surface area contributed by atoms with E-state index < -0.39 is 0 Å². The van der Waals surface area contributed by atoms with E-state index in [1.54, 1.807) is 19.4 Å². The molecular weight excluding hydrogens is 414 g/mol. The molecule has 1 aromatic heterocycles. The van der Waals surface area contributed by atoms with Crippen LogP contribution in [0.25, 0.3) is 22.2 Å². The number of nitrogens with zero attached hydrogens (tertiary/aromatic N) is 2. The number of hydrogen-bond donors (Lipinski definition) is 1. The number of hydrazone groups is 1. The van der Waals surface area contributed by atoms with Crippen molar-refractivity contribution >= 4 is 23.0 Å². The standard InChI is InChI=1S/C27H25N3O3/c1-3-15-33-25-14-13-19(16-26(25)32-2)18-28-30-27(31)22-17-24(20-9-5-4-6-10-20)29-23-12-8-7-11-21(22)23/h4-14,16-18H,3,15H2,1-2H3,(H,30,31)/b28-18+. The number of methoxy groups -OCH3 is 1. The number of amides is 1. The molecule has 0 saturated carbocycles. The van der Waals surface area contributed by atoms with Crippen molar-refractivity contribution < 1.29 is 14.3 Å². The summed E-state index contributed by atoms with van der Waals surface area (Å²) in [6.45, 7) is 2.66. The van der Waals surface area contributed by atoms with Gasteiger partial charge in [0.2, 0.25) is 0 Å². The van der Waals surface area contributed by atoms with Gasteiger partial charge >= 0.3 is 0 Å². The van der Waals surface area contributed by atoms with Gasteiger partial charge < -0.3 is 9.47 Å². The summed E-state index contributed by atoms with van der Waals surface area (Å²) in [7, 11) is 1.59. The lowest BCUT2D eigenvalue weighted by Gasteiger charge is -2.10. The molecule has 4 aromatic rings. The molecule has 6 nitrogen and oxygen atoms in total. The smallest absolute Gasteiger partial charge is 0.272 e. The van der Waals surface area contributed by atoms with Crippen LogP contribution < -0.4 is 14.9 Å². The van der Waals surface area contributed by atoms with Crippen LogP contribution in [-0.2, 0) is 0 Å². The van der Waals surface area contributed by atoms with E-state index in [-0.39, 0.29) is 5.91 Å². The van der Waals surface area contributed by atoms with Crippen LogP contribution in [0.4, 0.5) is 0 Å². The minimum absolute atomic E-state index is 0.308. The van der Waals surface area contributed by atoms with Gasteiger partial charge in [0, 0.05) is 10.9 Å². The number of rotatable bonds is 8. The first-order chi connectivity index (χ1) is 16.2. The Morgan fingerprint density at radius 3 is 2.58 bits per heavy atom. The van der Waals surface area contributed by atoms with Crippen LogP contribution in [0, 0.1) is 0 Å². The number of para-hydroxylation sites is 1. The van der Waals surface area contributed by atoms with Crippen LogP contribution in [0.3, 0.4) is 0 Å². The van der Waals surface area contributed by atoms with Crippen molar-refractivity contribution in [1.29, 1.82) is 0 Å². The Labute approximate surface area is 192 Å². The summed E-state index contributed by atoms with van der Waals surface area (Å²) in [5.74, 6) is 0.987. The molecule has 3 aromatic carbocycles. The molecule has 0 aliphatic carbocycles. The molecule has 0 atom stereocenters. The quantitative estimate of drug-likeness (QED) is 0.292. The van der Waals surface area contributed by atoms with E-state index in [9.17, 15) is 4.79 Å². The molecule has 1 amide bonds. The van der Waals surface area contributed by atoms with E-state index in [2.05, 4.69) is 10.5 Å². The summed E-state index contributed by atoms with van der Waals surface area (Å²) in [5, 5.41) is 4.92. The van der Waals surface area contributed by atoms with Gasteiger partial charge in [-0.05, 0) is 42.3 Å². The number of fused-ring (bicyclic) bond motifs is 1. The van der Waals surface area contributed by atoms with Crippen LogP contribution in [-0.4, -0.2) is 30.8 Å². The van der Waals surface area contributed by atoms with Crippen LogP contribution in [0.15, 0.2) is 84.0 Å². The maximum Gasteiger partial charge on any atom is 0.272 e. The number of carbonyl (C=O) groups excluding carboxylic acids is 1. The van der Waals surface area contributed by atoms with Gasteiger partial charge in [-0.25, -0.2) is 10.4 Å². The Kier molecular flexibility index (Phi) is 6.95. The highest BCUT2D eigenvalue weighted by Crippen LogP contribution is 2.28. The molecule has 4 rings (SSSR count). The highest BCUT2D eigenvalue weighted by atomic mass is 16.5. The molecule has 0 unspecified atom stereocenters. The predicted molar refractivity (Wildman–Crippen MR) is 131 cm³/mol. The number of hydrogen-bond acceptors (Lipinski definition) is 5. The van der Waals surface area contributed by atoms with Gasteiger partial charge in [0.15, 0.2) is 11.5 Å². The third kappa shape index (κ3) is 5.18. The number of pyridine rings is 1. The molecule has 0 saturated heterocycles. The monoisotopic (exact) mass is 439 g/mol. The van der Waals surface area contributed by atoms with Gasteiger partial charge in [0.1, 0.15) is 0 Å². The van der Waals surface area contributed by atoms with E-state index in [4.69, 9.17) is 14.5 Å². The van der Waals surface area contributed by atoms with Gasteiger partial charge in [-0.15, -0.1) is 0 Å². The SMILES string of the molecule is CCCOc1ccc(/C=N/NC(=O)c2cc(-c3ccccc3)nc3ccccc23)cc1OC. The van der Waals surface area contributed by atoms with E-state index in [0.29, 0.717) is 23.7 Å². The molecule has 0 fully saturated rings. The average molecular weight is 440 g/mol. The number of aromatic nitrogens is 1. The van der Waals surface area contributed by atoms with Crippen LogP contribution >= 0.6 is 0 Å². The van der Waals surface area contributed by atoms with Crippen molar-refractivity contribution in [2.24, 2.45) is 5.10 Å². The first-order valence-electron chi connectivity index (χ1n) is 10.8. The normalized spacial score (nSPS) is 11.0. The van der Waals surface area contributed by atoms with Gasteiger partial charge in [-0.1, -0.05) is 55.5 Å². The zero-order valence-corrected chi connectivity index (χ0v) is 18.6. The van der Waals surface area contributed by atoms with Crippen molar-refractivity contribution in [1.82, 2.24) is 10.4 Å². The zero-order chi connectivity index (χ0) is 23.0. The minimum atomic E-state index is -0.308. The molecule has 1 N–H and O–H groups in total. The second kappa shape index (κ2) is 10.4. The summed E-state index contributed by atoms with van der Waals surface area (Å²) in [6.07, 6.45) is 2.49. The number of nitrogens with one attached hydrogen (secondary N) is 1. The lowest BCUT2D eigenvalue weighted by Crippen LogP contribution is -2.18. The average Bonchev–Trinajstić information content (AvgIpc) is 2.87. The predicted octanol–water partition coefficient (Wildman–Crippen LogP) is 5.46. The summed E-state index contributed by atoms with van der Waals surface area (Å²) >= 11 is 0. The lowest BCUT2D eigenvalue weighted by molar-refractivity contribution is 0.0956. The van der Waals surface area contributed by atoms with Crippen molar-refractivity contribution in [3.05, 3.63) is 90.0 Å². The van der Waals surface area contributed by atoms with Crippen LogP contribution in [0.2, 0.25) is 0 Å². The Morgan fingerprint density at radius 1 is 1.00 bits per heavy atom. The molecular formula is C27H25N3O3. The summed E-state index contributed by atoms with van der Waals surface area (Å²) in [5.41, 5.74) is 6.35. The van der Waals surface area contributed by atoms with E-state index in [1.807, 2.05) is 79.7 Å². The molecule has 0 aliphatic rings. The van der Waals surface area contributed by atoms with E-state index in [0.717, 1.165) is 34.1 Å². The fourth-order valence-electron chi connectivity index (χ4n) is 3.44. The topological polar surface area (TPSA) is 72.8 Å². The Hall–Kier alpha value is -4.19. The van der Waals surface area contributed by atoms with Gasteiger partial charge in [-0.3, -0.25) is 4.79 Å². The highest BCUT2D eigenvalue weighted by Gasteiger charge is 2.13. The molecule has 1 heterocycles. The second-order valence-electron chi connectivity index (χ2n) is 7.40. The zero-order valence-electron chi connectivity index (χ0n) is 18.6. The molecule has 0 spiro atoms. The molecule has 0 bridgehead atoms. The highest BCUT2D eigenvalue weighted by molar-refractivity contribution is 6.07. The maximum atomic E-state index is 13.0. The van der Waals surface area contributed by atoms with Crippen molar-refractivity contribution in [2.45, 2.75) is 13.3 Å². The summed E-state index contributed by atoms with van der Waals surface area (Å²) in [4.78, 5) is 17.8. The third-order valence-corrected chi connectivity index (χ3v) is 5.06. The summed E-state index contributed by atoms with van der Waals surface area (Å²) in [6, 6.07) is 24.7. The third-order valence-electron chi connectivity index (χ3n) is 5.06. The van der Waals surface area contributed by atoms with E-state index in [1.165, 1.54) is 0 Å². The van der Waals surface area contributed by atoms with Gasteiger partial charge in [-0.2, -0.15) is 5.10 Å². The maximum absolute atomic E-state index is 13.0. The molecule has 166 valence electrons. The largest absolute Gasteiger partial charge is 0.493 e. The first-order valence-corrected chi connectivity index (χ1v) is 10.8. The fraction of sp³-hybridized carbons (Fsp3) is 0.148. The Bertz CT molecular complexity index is 1290. The first kappa shape index (κ1) is 22.0. The molecule has 33 heavy (non-hydrogen) atoms. The van der Waals surface area contributed by atoms with Crippen molar-refractivity contribution in [3.63, 3.8) is 0 Å². The summed E-state index contributed by atoms with van der Waals surface area (Å²) < 4.78 is 11.1. The van der Waals surface area contributed by atoms with Crippen molar-refractivity contribution in [3.8, 4) is 22.8 Å². The molecule has 6 heteroatoms. The fourth-order valence-corrected chi connectivity index (χ4v) is 3.44. The number of benzene rings is 3. The van der Waals surface area contributed by atoms with Crippen LogP contribution in [0.5, 0.6) is 11.5 Å².